The maximum atomic E-state index is 11.9. The highest BCUT2D eigenvalue weighted by Crippen LogP contribution is 2.28. The van der Waals surface area contributed by atoms with E-state index in [-0.39, 0.29) is 0 Å². The van der Waals surface area contributed by atoms with Crippen molar-refractivity contribution in [2.24, 2.45) is 5.92 Å². The van der Waals surface area contributed by atoms with Crippen molar-refractivity contribution in [3.8, 4) is 0 Å². The molecule has 18 heavy (non-hydrogen) atoms. The second-order valence-corrected chi connectivity index (χ2v) is 5.30. The van der Waals surface area contributed by atoms with Crippen LogP contribution in [0.1, 0.15) is 57.7 Å². The van der Waals surface area contributed by atoms with Crippen molar-refractivity contribution in [2.45, 2.75) is 64.8 Å². The van der Waals surface area contributed by atoms with E-state index >= 15 is 0 Å². The zero-order valence-electron chi connectivity index (χ0n) is 11.3. The fourth-order valence-corrected chi connectivity index (χ4v) is 2.75. The SMILES string of the molecule is CCCn1ncnc1CC(=O)CCC1CCCC1. The highest BCUT2D eigenvalue weighted by atomic mass is 16.1. The van der Waals surface area contributed by atoms with Gasteiger partial charge in [-0.05, 0) is 18.8 Å². The molecule has 2 rings (SSSR count). The molecule has 1 aromatic rings. The summed E-state index contributed by atoms with van der Waals surface area (Å²) in [5.41, 5.74) is 0. The van der Waals surface area contributed by atoms with Crippen LogP contribution in [0, 0.1) is 5.92 Å². The fraction of sp³-hybridized carbons (Fsp3) is 0.786. The number of nitrogens with zero attached hydrogens (tertiary/aromatic N) is 3. The van der Waals surface area contributed by atoms with Crippen LogP contribution in [0.3, 0.4) is 0 Å². The lowest BCUT2D eigenvalue weighted by atomic mass is 9.99. The van der Waals surface area contributed by atoms with Gasteiger partial charge in [0, 0.05) is 13.0 Å². The number of aryl methyl sites for hydroxylation is 1. The molecule has 100 valence electrons. The lowest BCUT2D eigenvalue weighted by Gasteiger charge is -2.08. The number of aromatic nitrogens is 3. The van der Waals surface area contributed by atoms with Crippen LogP contribution in [0.5, 0.6) is 0 Å². The van der Waals surface area contributed by atoms with Crippen molar-refractivity contribution >= 4 is 5.78 Å². The molecule has 0 aliphatic heterocycles. The third-order valence-corrected chi connectivity index (χ3v) is 3.79. The van der Waals surface area contributed by atoms with E-state index in [0.717, 1.165) is 31.1 Å². The lowest BCUT2D eigenvalue weighted by Crippen LogP contribution is -2.12. The first-order chi connectivity index (χ1) is 8.79. The van der Waals surface area contributed by atoms with Crippen molar-refractivity contribution in [2.75, 3.05) is 0 Å². The van der Waals surface area contributed by atoms with Crippen molar-refractivity contribution in [3.05, 3.63) is 12.2 Å². The molecule has 1 heterocycles. The van der Waals surface area contributed by atoms with Gasteiger partial charge in [0.25, 0.3) is 0 Å². The Morgan fingerprint density at radius 1 is 1.44 bits per heavy atom. The Kier molecular flexibility index (Phi) is 4.90. The Balaban J connectivity index is 1.77. The van der Waals surface area contributed by atoms with Gasteiger partial charge in [-0.25, -0.2) is 9.67 Å². The molecule has 1 saturated carbocycles. The van der Waals surface area contributed by atoms with Gasteiger partial charge in [0.05, 0.1) is 6.42 Å². The third-order valence-electron chi connectivity index (χ3n) is 3.79. The predicted octanol–water partition coefficient (Wildman–Crippen LogP) is 2.77. The van der Waals surface area contributed by atoms with Crippen LogP contribution in [-0.2, 0) is 17.8 Å². The first-order valence-electron chi connectivity index (χ1n) is 7.18. The van der Waals surface area contributed by atoms with E-state index in [1.807, 2.05) is 4.68 Å². The molecule has 0 bridgehead atoms. The minimum Gasteiger partial charge on any atom is -0.299 e. The van der Waals surface area contributed by atoms with Gasteiger partial charge in [0.1, 0.15) is 17.9 Å². The summed E-state index contributed by atoms with van der Waals surface area (Å²) < 4.78 is 1.85. The van der Waals surface area contributed by atoms with Crippen molar-refractivity contribution < 1.29 is 4.79 Å². The Hall–Kier alpha value is -1.19. The molecule has 1 aliphatic rings. The normalized spacial score (nSPS) is 16.3. The quantitative estimate of drug-likeness (QED) is 0.746. The Bertz CT molecular complexity index is 380. The molecule has 1 aromatic heterocycles. The number of carbonyl (C=O) groups excluding carboxylic acids is 1. The van der Waals surface area contributed by atoms with Crippen LogP contribution in [0.4, 0.5) is 0 Å². The first kappa shape index (κ1) is 13.2. The molecule has 0 saturated heterocycles. The smallest absolute Gasteiger partial charge is 0.140 e. The molecule has 1 aliphatic carbocycles. The molecule has 0 atom stereocenters. The molecule has 0 amide bonds. The van der Waals surface area contributed by atoms with Crippen LogP contribution in [0.2, 0.25) is 0 Å². The maximum Gasteiger partial charge on any atom is 0.140 e. The zero-order chi connectivity index (χ0) is 12.8. The summed E-state index contributed by atoms with van der Waals surface area (Å²) in [5, 5.41) is 4.15. The Morgan fingerprint density at radius 2 is 2.22 bits per heavy atom. The van der Waals surface area contributed by atoms with E-state index in [1.54, 1.807) is 6.33 Å². The second kappa shape index (κ2) is 6.66. The molecular formula is C14H23N3O. The number of ketones is 1. The molecule has 1 fully saturated rings. The summed E-state index contributed by atoms with van der Waals surface area (Å²) in [5.74, 6) is 1.93. The molecule has 4 nitrogen and oxygen atoms in total. The average Bonchev–Trinajstić information content (AvgIpc) is 2.99. The van der Waals surface area contributed by atoms with Crippen LogP contribution < -0.4 is 0 Å². The van der Waals surface area contributed by atoms with Gasteiger partial charge < -0.3 is 0 Å². The Morgan fingerprint density at radius 3 is 2.94 bits per heavy atom. The Labute approximate surface area is 109 Å². The van der Waals surface area contributed by atoms with E-state index < -0.39 is 0 Å². The molecule has 0 radical (unpaired) electrons. The highest BCUT2D eigenvalue weighted by molar-refractivity contribution is 5.80. The molecule has 0 aromatic carbocycles. The van der Waals surface area contributed by atoms with Crippen LogP contribution in [-0.4, -0.2) is 20.5 Å². The predicted molar refractivity (Wildman–Crippen MR) is 70.2 cm³/mol. The standard InChI is InChI=1S/C14H23N3O/c1-2-9-17-14(15-11-16-17)10-13(18)8-7-12-5-3-4-6-12/h11-12H,2-10H2,1H3. The van der Waals surface area contributed by atoms with E-state index in [2.05, 4.69) is 17.0 Å². The minimum absolute atomic E-state index is 0.312. The van der Waals surface area contributed by atoms with E-state index in [0.29, 0.717) is 18.6 Å². The fourth-order valence-electron chi connectivity index (χ4n) is 2.75. The molecule has 4 heteroatoms. The van der Waals surface area contributed by atoms with Gasteiger partial charge in [-0.2, -0.15) is 5.10 Å². The number of rotatable bonds is 7. The third kappa shape index (κ3) is 3.65. The number of hydrogen-bond acceptors (Lipinski definition) is 3. The maximum absolute atomic E-state index is 11.9. The van der Waals surface area contributed by atoms with Gasteiger partial charge in [0.2, 0.25) is 0 Å². The second-order valence-electron chi connectivity index (χ2n) is 5.30. The number of carbonyl (C=O) groups is 1. The van der Waals surface area contributed by atoms with Crippen LogP contribution in [0.15, 0.2) is 6.33 Å². The molecule has 0 spiro atoms. The van der Waals surface area contributed by atoms with Crippen LogP contribution in [0.25, 0.3) is 0 Å². The van der Waals surface area contributed by atoms with E-state index in [4.69, 9.17) is 0 Å². The number of Topliss-reactive ketones (excluding diaryl/α,β-unsaturated/α-hetero) is 1. The summed E-state index contributed by atoms with van der Waals surface area (Å²) in [4.78, 5) is 16.1. The average molecular weight is 249 g/mol. The van der Waals surface area contributed by atoms with Crippen molar-refractivity contribution in [1.82, 2.24) is 14.8 Å². The summed E-state index contributed by atoms with van der Waals surface area (Å²) in [6, 6.07) is 0. The summed E-state index contributed by atoms with van der Waals surface area (Å²) in [6.07, 6.45) is 10.1. The van der Waals surface area contributed by atoms with Crippen LogP contribution >= 0.6 is 0 Å². The van der Waals surface area contributed by atoms with Gasteiger partial charge in [0.15, 0.2) is 0 Å². The summed E-state index contributed by atoms with van der Waals surface area (Å²) in [6.45, 7) is 2.96. The van der Waals surface area contributed by atoms with Gasteiger partial charge in [-0.15, -0.1) is 0 Å². The topological polar surface area (TPSA) is 47.8 Å². The monoisotopic (exact) mass is 249 g/mol. The largest absolute Gasteiger partial charge is 0.299 e. The van der Waals surface area contributed by atoms with Gasteiger partial charge in [-0.1, -0.05) is 32.6 Å². The molecule has 0 unspecified atom stereocenters. The van der Waals surface area contributed by atoms with Crippen molar-refractivity contribution in [1.29, 1.82) is 0 Å². The van der Waals surface area contributed by atoms with Gasteiger partial charge >= 0.3 is 0 Å². The minimum atomic E-state index is 0.312. The number of hydrogen-bond donors (Lipinski definition) is 0. The highest BCUT2D eigenvalue weighted by Gasteiger charge is 2.17. The lowest BCUT2D eigenvalue weighted by molar-refractivity contribution is -0.118. The van der Waals surface area contributed by atoms with Crippen molar-refractivity contribution in [3.63, 3.8) is 0 Å². The van der Waals surface area contributed by atoms with E-state index in [1.165, 1.54) is 25.7 Å². The summed E-state index contributed by atoms with van der Waals surface area (Å²) in [7, 11) is 0. The zero-order valence-corrected chi connectivity index (χ0v) is 11.3. The molecular weight excluding hydrogens is 226 g/mol. The summed E-state index contributed by atoms with van der Waals surface area (Å²) >= 11 is 0. The first-order valence-corrected chi connectivity index (χ1v) is 7.18. The van der Waals surface area contributed by atoms with Gasteiger partial charge in [-0.3, -0.25) is 4.79 Å². The molecule has 0 N–H and O–H groups in total. The van der Waals surface area contributed by atoms with E-state index in [9.17, 15) is 4.79 Å².